The van der Waals surface area contributed by atoms with Crippen LogP contribution in [0.4, 0.5) is 5.69 Å². The van der Waals surface area contributed by atoms with Crippen molar-refractivity contribution in [2.75, 3.05) is 5.73 Å². The topological polar surface area (TPSA) is 62.7 Å². The van der Waals surface area contributed by atoms with E-state index in [-0.39, 0.29) is 0 Å². The van der Waals surface area contributed by atoms with Crippen molar-refractivity contribution in [3.05, 3.63) is 22.2 Å². The monoisotopic (exact) mass is 313 g/mol. The van der Waals surface area contributed by atoms with Crippen LogP contribution in [0.1, 0.15) is 55.7 Å². The number of nitrogens with zero attached hydrogens (tertiary/aromatic N) is 2. The van der Waals surface area contributed by atoms with Crippen LogP contribution in [-0.2, 0) is 12.8 Å². The van der Waals surface area contributed by atoms with Gasteiger partial charge in [-0.05, 0) is 42.7 Å². The minimum absolute atomic E-state index is 0.596. The van der Waals surface area contributed by atoms with E-state index in [1.165, 1.54) is 48.3 Å². The highest BCUT2D eigenvalue weighted by Gasteiger charge is 2.26. The molecule has 4 heteroatoms. The van der Waals surface area contributed by atoms with Crippen molar-refractivity contribution in [2.45, 2.75) is 52.4 Å². The number of nitrogen functional groups attached to an aromatic ring is 1. The molecular formula is C18H23N3S. The molecule has 2 N–H and O–H groups in total. The van der Waals surface area contributed by atoms with E-state index in [1.807, 2.05) is 0 Å². The number of rotatable bonds is 4. The molecule has 0 bridgehead atoms. The smallest absolute Gasteiger partial charge is 0.130 e. The highest BCUT2D eigenvalue weighted by atomic mass is 32.1. The summed E-state index contributed by atoms with van der Waals surface area (Å²) in [7, 11) is 0. The molecule has 1 aliphatic carbocycles. The second-order valence-corrected chi connectivity index (χ2v) is 7.36. The fraction of sp³-hybridized carbons (Fsp3) is 0.556. The summed E-state index contributed by atoms with van der Waals surface area (Å²) in [5.41, 5.74) is 9.29. The van der Waals surface area contributed by atoms with Gasteiger partial charge in [-0.1, -0.05) is 33.1 Å². The highest BCUT2D eigenvalue weighted by Crippen LogP contribution is 2.38. The number of nitriles is 1. The molecule has 1 aliphatic rings. The Bertz CT molecular complexity index is 726. The zero-order chi connectivity index (χ0) is 15.7. The zero-order valence-electron chi connectivity index (χ0n) is 13.4. The number of hydrogen-bond donors (Lipinski definition) is 1. The molecule has 3 nitrogen and oxygen atoms in total. The Labute approximate surface area is 136 Å². The van der Waals surface area contributed by atoms with Gasteiger partial charge in [0.2, 0.25) is 0 Å². The lowest BCUT2D eigenvalue weighted by atomic mass is 9.76. The molecule has 0 fully saturated rings. The molecule has 2 heterocycles. The predicted octanol–water partition coefficient (Wildman–Crippen LogP) is 4.68. The van der Waals surface area contributed by atoms with E-state index in [9.17, 15) is 0 Å². The maximum atomic E-state index is 9.14. The van der Waals surface area contributed by atoms with Crippen LogP contribution in [0.25, 0.3) is 10.2 Å². The Morgan fingerprint density at radius 3 is 3.00 bits per heavy atom. The largest absolute Gasteiger partial charge is 0.396 e. The minimum atomic E-state index is 0.596. The molecule has 0 amide bonds. The third-order valence-corrected chi connectivity index (χ3v) is 6.10. The van der Waals surface area contributed by atoms with Crippen molar-refractivity contribution in [2.24, 2.45) is 11.8 Å². The molecule has 0 aliphatic heterocycles. The van der Waals surface area contributed by atoms with Crippen molar-refractivity contribution in [3.63, 3.8) is 0 Å². The van der Waals surface area contributed by atoms with E-state index in [0.29, 0.717) is 10.6 Å². The molecular weight excluding hydrogens is 290 g/mol. The normalized spacial score (nSPS) is 18.9. The van der Waals surface area contributed by atoms with Crippen LogP contribution in [0.15, 0.2) is 6.07 Å². The summed E-state index contributed by atoms with van der Waals surface area (Å²) >= 11 is 1.42. The summed E-state index contributed by atoms with van der Waals surface area (Å²) in [6.07, 6.45) is 7.29. The van der Waals surface area contributed by atoms with E-state index in [2.05, 4.69) is 26.0 Å². The fourth-order valence-electron chi connectivity index (χ4n) is 3.85. The lowest BCUT2D eigenvalue weighted by Gasteiger charge is -2.30. The second-order valence-electron chi connectivity index (χ2n) is 6.36. The summed E-state index contributed by atoms with van der Waals surface area (Å²) in [6, 6.07) is 4.39. The van der Waals surface area contributed by atoms with Gasteiger partial charge in [0, 0.05) is 11.1 Å². The maximum absolute atomic E-state index is 9.14. The van der Waals surface area contributed by atoms with E-state index in [1.54, 1.807) is 0 Å². The number of nitrogens with two attached hydrogens (primary N) is 1. The van der Waals surface area contributed by atoms with Gasteiger partial charge in [0.05, 0.1) is 5.69 Å². The van der Waals surface area contributed by atoms with Crippen molar-refractivity contribution in [1.29, 1.82) is 5.26 Å². The number of anilines is 1. The molecule has 3 rings (SSSR count). The van der Waals surface area contributed by atoms with E-state index < -0.39 is 0 Å². The first-order valence-corrected chi connectivity index (χ1v) is 9.10. The second kappa shape index (κ2) is 6.26. The van der Waals surface area contributed by atoms with E-state index in [0.717, 1.165) is 34.9 Å². The quantitative estimate of drug-likeness (QED) is 0.891. The molecule has 0 aromatic carbocycles. The molecule has 116 valence electrons. The van der Waals surface area contributed by atoms with Crippen LogP contribution in [-0.4, -0.2) is 4.98 Å². The molecule has 0 radical (unpaired) electrons. The summed E-state index contributed by atoms with van der Waals surface area (Å²) in [5.74, 6) is 1.59. The molecule has 2 aromatic heterocycles. The standard InChI is InChI=1S/C18H23N3S/c1-3-5-11(4-2)12-6-7-15-13(8-12)9-14-17(20)16(10-19)22-18(14)21-15/h9,11-12H,3-8,20H2,1-2H3. The van der Waals surface area contributed by atoms with Crippen LogP contribution < -0.4 is 5.73 Å². The van der Waals surface area contributed by atoms with E-state index in [4.69, 9.17) is 16.0 Å². The minimum Gasteiger partial charge on any atom is -0.396 e. The zero-order valence-corrected chi connectivity index (χ0v) is 14.2. The summed E-state index contributed by atoms with van der Waals surface area (Å²) in [5, 5.41) is 10.1. The molecule has 2 atom stereocenters. The number of thiophene rings is 1. The molecule has 2 unspecified atom stereocenters. The summed E-state index contributed by atoms with van der Waals surface area (Å²) in [4.78, 5) is 6.32. The first kappa shape index (κ1) is 15.3. The molecule has 22 heavy (non-hydrogen) atoms. The maximum Gasteiger partial charge on any atom is 0.130 e. The molecule has 0 saturated carbocycles. The lowest BCUT2D eigenvalue weighted by Crippen LogP contribution is -2.23. The van der Waals surface area contributed by atoms with Gasteiger partial charge >= 0.3 is 0 Å². The Morgan fingerprint density at radius 2 is 2.32 bits per heavy atom. The van der Waals surface area contributed by atoms with Gasteiger partial charge in [-0.15, -0.1) is 11.3 Å². The van der Waals surface area contributed by atoms with Gasteiger partial charge in [-0.3, -0.25) is 0 Å². The Morgan fingerprint density at radius 1 is 1.50 bits per heavy atom. The molecule has 0 spiro atoms. The molecule has 2 aromatic rings. The molecule has 0 saturated heterocycles. The van der Waals surface area contributed by atoms with Crippen LogP contribution in [0.5, 0.6) is 0 Å². The highest BCUT2D eigenvalue weighted by molar-refractivity contribution is 7.19. The third kappa shape index (κ3) is 2.59. The van der Waals surface area contributed by atoms with Crippen molar-refractivity contribution in [3.8, 4) is 6.07 Å². The van der Waals surface area contributed by atoms with Crippen LogP contribution >= 0.6 is 11.3 Å². The van der Waals surface area contributed by atoms with E-state index >= 15 is 0 Å². The first-order valence-electron chi connectivity index (χ1n) is 8.28. The average Bonchev–Trinajstić information content (AvgIpc) is 2.85. The third-order valence-electron chi connectivity index (χ3n) is 5.08. The van der Waals surface area contributed by atoms with Crippen LogP contribution in [0.2, 0.25) is 0 Å². The first-order chi connectivity index (χ1) is 10.7. The number of fused-ring (bicyclic) bond motifs is 2. The SMILES string of the molecule is CCCC(CC)C1CCc2nc3sc(C#N)c(N)c3cc2C1. The number of aromatic nitrogens is 1. The lowest BCUT2D eigenvalue weighted by molar-refractivity contribution is 0.271. The number of pyridine rings is 1. The van der Waals surface area contributed by atoms with Crippen LogP contribution in [0.3, 0.4) is 0 Å². The Kier molecular flexibility index (Phi) is 4.35. The van der Waals surface area contributed by atoms with Gasteiger partial charge in [-0.2, -0.15) is 5.26 Å². The van der Waals surface area contributed by atoms with Crippen molar-refractivity contribution < 1.29 is 0 Å². The average molecular weight is 313 g/mol. The predicted molar refractivity (Wildman–Crippen MR) is 93.0 cm³/mol. The Hall–Kier alpha value is -1.60. The number of aryl methyl sites for hydroxylation is 1. The summed E-state index contributed by atoms with van der Waals surface area (Å²) in [6.45, 7) is 4.59. The van der Waals surface area contributed by atoms with Gasteiger partial charge in [0.1, 0.15) is 15.8 Å². The fourth-order valence-corrected chi connectivity index (χ4v) is 4.74. The van der Waals surface area contributed by atoms with Crippen LogP contribution in [0, 0.1) is 23.2 Å². The van der Waals surface area contributed by atoms with Gasteiger partial charge in [-0.25, -0.2) is 4.98 Å². The van der Waals surface area contributed by atoms with Gasteiger partial charge in [0.25, 0.3) is 0 Å². The van der Waals surface area contributed by atoms with Crippen molar-refractivity contribution >= 4 is 27.2 Å². The van der Waals surface area contributed by atoms with Gasteiger partial charge in [0.15, 0.2) is 0 Å². The Balaban J connectivity index is 1.95. The van der Waals surface area contributed by atoms with Gasteiger partial charge < -0.3 is 5.73 Å². The van der Waals surface area contributed by atoms with Crippen molar-refractivity contribution in [1.82, 2.24) is 4.98 Å². The number of hydrogen-bond acceptors (Lipinski definition) is 4. The summed E-state index contributed by atoms with van der Waals surface area (Å²) < 4.78 is 0.